The summed E-state index contributed by atoms with van der Waals surface area (Å²) in [5.41, 5.74) is 5.11. The third kappa shape index (κ3) is 6.19. The van der Waals surface area contributed by atoms with Crippen molar-refractivity contribution in [3.8, 4) is 0 Å². The van der Waals surface area contributed by atoms with Crippen molar-refractivity contribution >= 4 is 23.1 Å². The number of amidine groups is 1. The minimum absolute atomic E-state index is 0.108. The van der Waals surface area contributed by atoms with E-state index in [2.05, 4.69) is 29.3 Å². The Balaban J connectivity index is 1.40. The lowest BCUT2D eigenvalue weighted by Crippen LogP contribution is -2.42. The van der Waals surface area contributed by atoms with Crippen LogP contribution in [0.25, 0.3) is 5.57 Å². The molecular formula is C29H37F3N6O2. The normalized spacial score (nSPS) is 23.7. The minimum Gasteiger partial charge on any atom is -0.378 e. The number of ether oxygens (including phenoxy) is 1. The van der Waals surface area contributed by atoms with Gasteiger partial charge in [0.15, 0.2) is 0 Å². The van der Waals surface area contributed by atoms with Crippen LogP contribution in [-0.2, 0) is 17.3 Å². The van der Waals surface area contributed by atoms with Crippen molar-refractivity contribution in [2.75, 3.05) is 44.7 Å². The summed E-state index contributed by atoms with van der Waals surface area (Å²) in [7, 11) is 1.93. The molecule has 2 atom stereocenters. The Morgan fingerprint density at radius 2 is 1.93 bits per heavy atom. The summed E-state index contributed by atoms with van der Waals surface area (Å²) in [4.78, 5) is 21.9. The van der Waals surface area contributed by atoms with E-state index in [1.54, 1.807) is 0 Å². The molecule has 11 heteroatoms. The number of aromatic nitrogens is 2. The van der Waals surface area contributed by atoms with E-state index in [0.717, 1.165) is 47.0 Å². The lowest BCUT2D eigenvalue weighted by atomic mass is 9.83. The maximum absolute atomic E-state index is 13.0. The fourth-order valence-electron chi connectivity index (χ4n) is 5.76. The first-order valence-electron chi connectivity index (χ1n) is 13.8. The molecule has 1 aromatic heterocycles. The van der Waals surface area contributed by atoms with Gasteiger partial charge in [0.2, 0.25) is 0 Å². The molecular weight excluding hydrogens is 521 g/mol. The number of carbonyl (C=O) groups excluding carboxylic acids is 1. The highest BCUT2D eigenvalue weighted by atomic mass is 19.4. The maximum atomic E-state index is 13.0. The quantitative estimate of drug-likeness (QED) is 0.555. The van der Waals surface area contributed by atoms with Crippen LogP contribution < -0.4 is 5.32 Å². The molecule has 216 valence electrons. The molecule has 1 N–H and O–H groups in total. The molecule has 5 rings (SSSR count). The van der Waals surface area contributed by atoms with Gasteiger partial charge in [-0.15, -0.1) is 0 Å². The van der Waals surface area contributed by atoms with Crippen molar-refractivity contribution in [3.05, 3.63) is 52.9 Å². The zero-order valence-corrected chi connectivity index (χ0v) is 23.5. The summed E-state index contributed by atoms with van der Waals surface area (Å²) in [5.74, 6) is 0.328. The number of rotatable bonds is 4. The van der Waals surface area contributed by atoms with Gasteiger partial charge in [-0.1, -0.05) is 6.07 Å². The number of nitrogens with zero attached hydrogens (tertiary/aromatic N) is 5. The molecule has 0 aliphatic carbocycles. The SMILES string of the molecule is Cc1ccc(NC(=O)N2CC[C@@H](CC(F)(F)F)C2)cc1C1=CC(N2CCOCC2)=NC(C)(c2cc(C)n(C)n2)C1. The number of urea groups is 1. The van der Waals surface area contributed by atoms with E-state index in [9.17, 15) is 18.0 Å². The van der Waals surface area contributed by atoms with Crippen LogP contribution in [0.2, 0.25) is 0 Å². The fourth-order valence-corrected chi connectivity index (χ4v) is 5.76. The van der Waals surface area contributed by atoms with Gasteiger partial charge in [0.05, 0.1) is 18.9 Å². The van der Waals surface area contributed by atoms with E-state index in [4.69, 9.17) is 14.8 Å². The summed E-state index contributed by atoms with van der Waals surface area (Å²) in [6.45, 7) is 9.37. The molecule has 0 spiro atoms. The van der Waals surface area contributed by atoms with E-state index in [1.165, 1.54) is 4.90 Å². The largest absolute Gasteiger partial charge is 0.389 e. The number of nitrogens with one attached hydrogen (secondary N) is 1. The van der Waals surface area contributed by atoms with Crippen molar-refractivity contribution in [3.63, 3.8) is 0 Å². The maximum Gasteiger partial charge on any atom is 0.389 e. The van der Waals surface area contributed by atoms with Gasteiger partial charge in [-0.2, -0.15) is 18.3 Å². The number of hydrogen-bond donors (Lipinski definition) is 1. The van der Waals surface area contributed by atoms with Gasteiger partial charge in [-0.25, -0.2) is 4.79 Å². The average Bonchev–Trinajstić information content (AvgIpc) is 3.50. The molecule has 1 aromatic carbocycles. The molecule has 8 nitrogen and oxygen atoms in total. The van der Waals surface area contributed by atoms with E-state index in [-0.39, 0.29) is 12.6 Å². The second-order valence-electron chi connectivity index (χ2n) is 11.4. The number of aliphatic imine (C=N–C) groups is 1. The molecule has 3 aliphatic rings. The molecule has 0 saturated carbocycles. The van der Waals surface area contributed by atoms with E-state index in [0.29, 0.717) is 38.3 Å². The molecule has 1 unspecified atom stereocenters. The Labute approximate surface area is 232 Å². The lowest BCUT2D eigenvalue weighted by molar-refractivity contribution is -0.143. The van der Waals surface area contributed by atoms with Crippen LogP contribution in [0.4, 0.5) is 23.7 Å². The monoisotopic (exact) mass is 558 g/mol. The predicted molar refractivity (Wildman–Crippen MR) is 148 cm³/mol. The van der Waals surface area contributed by atoms with Crippen molar-refractivity contribution in [1.82, 2.24) is 19.6 Å². The lowest BCUT2D eigenvalue weighted by Gasteiger charge is -2.36. The van der Waals surface area contributed by atoms with Gasteiger partial charge in [-0.05, 0) is 74.1 Å². The van der Waals surface area contributed by atoms with Crippen LogP contribution in [-0.4, -0.2) is 77.0 Å². The van der Waals surface area contributed by atoms with Crippen LogP contribution in [0.5, 0.6) is 0 Å². The van der Waals surface area contributed by atoms with E-state index < -0.39 is 24.1 Å². The molecule has 2 saturated heterocycles. The minimum atomic E-state index is -4.22. The van der Waals surface area contributed by atoms with Gasteiger partial charge in [0.25, 0.3) is 0 Å². The highest BCUT2D eigenvalue weighted by Gasteiger charge is 2.37. The zero-order chi connectivity index (χ0) is 28.7. The van der Waals surface area contributed by atoms with Gasteiger partial charge in [-0.3, -0.25) is 9.67 Å². The van der Waals surface area contributed by atoms with Crippen molar-refractivity contribution in [1.29, 1.82) is 0 Å². The number of halogens is 3. The van der Waals surface area contributed by atoms with Crippen LogP contribution >= 0.6 is 0 Å². The summed E-state index contributed by atoms with van der Waals surface area (Å²) in [5, 5.41) is 7.69. The number of morpholine rings is 1. The highest BCUT2D eigenvalue weighted by Crippen LogP contribution is 2.41. The molecule has 2 aromatic rings. The second-order valence-corrected chi connectivity index (χ2v) is 11.4. The Morgan fingerprint density at radius 1 is 1.18 bits per heavy atom. The van der Waals surface area contributed by atoms with Crippen molar-refractivity contribution in [2.24, 2.45) is 18.0 Å². The van der Waals surface area contributed by atoms with Crippen molar-refractivity contribution < 1.29 is 22.7 Å². The average molecular weight is 559 g/mol. The summed E-state index contributed by atoms with van der Waals surface area (Å²) < 4.78 is 45.9. The van der Waals surface area contributed by atoms with Gasteiger partial charge in [0, 0.05) is 57.4 Å². The van der Waals surface area contributed by atoms with Crippen LogP contribution in [0.3, 0.4) is 0 Å². The molecule has 0 radical (unpaired) electrons. The number of alkyl halides is 3. The zero-order valence-electron chi connectivity index (χ0n) is 23.5. The first-order valence-corrected chi connectivity index (χ1v) is 13.8. The number of benzene rings is 1. The Kier molecular flexibility index (Phi) is 7.69. The van der Waals surface area contributed by atoms with Crippen molar-refractivity contribution in [2.45, 2.75) is 51.7 Å². The number of carbonyl (C=O) groups is 1. The molecule has 2 amide bonds. The number of aryl methyl sites for hydroxylation is 3. The van der Waals surface area contributed by atoms with E-state index >= 15 is 0 Å². The van der Waals surface area contributed by atoms with E-state index in [1.807, 2.05) is 43.8 Å². The highest BCUT2D eigenvalue weighted by molar-refractivity contribution is 6.02. The Hall–Kier alpha value is -3.34. The number of likely N-dealkylation sites (tertiary alicyclic amines) is 1. The summed E-state index contributed by atoms with van der Waals surface area (Å²) in [6, 6.07) is 7.46. The smallest absolute Gasteiger partial charge is 0.378 e. The summed E-state index contributed by atoms with van der Waals surface area (Å²) in [6.07, 6.45) is -1.97. The van der Waals surface area contributed by atoms with Gasteiger partial charge < -0.3 is 19.9 Å². The number of anilines is 1. The summed E-state index contributed by atoms with van der Waals surface area (Å²) >= 11 is 0. The molecule has 3 aliphatic heterocycles. The van der Waals surface area contributed by atoms with Crippen LogP contribution in [0, 0.1) is 19.8 Å². The molecule has 4 heterocycles. The van der Waals surface area contributed by atoms with Crippen LogP contribution in [0.15, 0.2) is 35.3 Å². The number of hydrogen-bond acceptors (Lipinski definition) is 5. The Morgan fingerprint density at radius 3 is 2.60 bits per heavy atom. The first-order chi connectivity index (χ1) is 18.9. The standard InChI is InChI=1S/C29H37F3N6O2/c1-19-5-6-23(33-27(39)38-8-7-21(18-38)16-29(30,31)32)15-24(19)22-14-26(37-9-11-40-12-10-37)34-28(3,17-22)25-13-20(2)36(4)35-25/h5-6,13-15,21H,7-12,16-18H2,1-4H3,(H,33,39)/t21-,28?/m0/s1. The van der Waals surface area contributed by atoms with Crippen LogP contribution in [0.1, 0.15) is 48.7 Å². The fraction of sp³-hybridized carbons (Fsp3) is 0.552. The molecule has 0 bridgehead atoms. The van der Waals surface area contributed by atoms with Gasteiger partial charge >= 0.3 is 12.2 Å². The topological polar surface area (TPSA) is 75.0 Å². The first kappa shape index (κ1) is 28.2. The predicted octanol–water partition coefficient (Wildman–Crippen LogP) is 5.28. The third-order valence-corrected chi connectivity index (χ3v) is 8.13. The molecule has 40 heavy (non-hydrogen) atoms. The number of dihydropyridines is 1. The molecule has 2 fully saturated rings. The van der Waals surface area contributed by atoms with Gasteiger partial charge in [0.1, 0.15) is 11.4 Å². The third-order valence-electron chi connectivity index (χ3n) is 8.13. The number of amides is 2. The second kappa shape index (κ2) is 10.9. The Bertz CT molecular complexity index is 1310.